The fourth-order valence-electron chi connectivity index (χ4n) is 4.63. The second-order valence-electron chi connectivity index (χ2n) is 7.74. The summed E-state index contributed by atoms with van der Waals surface area (Å²) < 4.78 is 23.9. The van der Waals surface area contributed by atoms with Gasteiger partial charge in [0.15, 0.2) is 14.6 Å². The zero-order valence-corrected chi connectivity index (χ0v) is 16.6. The van der Waals surface area contributed by atoms with Crippen LogP contribution in [0.4, 0.5) is 0 Å². The molecule has 3 rings (SSSR count). The number of carbonyl (C=O) groups is 1. The van der Waals surface area contributed by atoms with Gasteiger partial charge < -0.3 is 10.2 Å². The second kappa shape index (κ2) is 7.69. The minimum atomic E-state index is -3.46. The average Bonchev–Trinajstić information content (AvgIpc) is 2.67. The van der Waals surface area contributed by atoms with Gasteiger partial charge in [-0.2, -0.15) is 0 Å². The highest BCUT2D eigenvalue weighted by Crippen LogP contribution is 2.37. The number of nitrogens with one attached hydrogen (secondary N) is 1. The molecule has 0 radical (unpaired) electrons. The summed E-state index contributed by atoms with van der Waals surface area (Å²) in [6, 6.07) is 10.5. The molecule has 2 fully saturated rings. The maximum absolute atomic E-state index is 13.3. The van der Waals surface area contributed by atoms with Gasteiger partial charge in [0, 0.05) is 19.3 Å². The van der Waals surface area contributed by atoms with Gasteiger partial charge in [-0.3, -0.25) is 4.79 Å². The molecule has 0 aliphatic carbocycles. The number of hydrogen-bond acceptors (Lipinski definition) is 4. The molecule has 0 aromatic heterocycles. The van der Waals surface area contributed by atoms with Gasteiger partial charge in [0.25, 0.3) is 0 Å². The molecule has 1 aromatic rings. The lowest BCUT2D eigenvalue weighted by molar-refractivity contribution is -0.137. The molecule has 2 atom stereocenters. The number of amides is 1. The van der Waals surface area contributed by atoms with Crippen LogP contribution in [-0.2, 0) is 14.6 Å². The summed E-state index contributed by atoms with van der Waals surface area (Å²) in [5.74, 6) is 0.632. The maximum Gasteiger partial charge on any atom is 0.244 e. The third kappa shape index (κ3) is 3.54. The van der Waals surface area contributed by atoms with E-state index in [1.165, 1.54) is 11.8 Å². The van der Waals surface area contributed by atoms with Crippen LogP contribution in [0.25, 0.3) is 0 Å². The molecule has 2 heterocycles. The zero-order chi connectivity index (χ0) is 18.8. The first-order valence-electron chi connectivity index (χ1n) is 9.63. The first kappa shape index (κ1) is 19.4. The standard InChI is InChI=1S/C20H30N2O3S/c1-3-16-15-22(14-9-18(16)17-7-5-4-6-8-17)19(23)20(26(2,24)25)10-12-21-13-11-20/h4-8,16,18,21H,3,9-15H2,1-2H3. The third-order valence-corrected chi connectivity index (χ3v) is 8.29. The fourth-order valence-corrected chi connectivity index (χ4v) is 6.02. The Balaban J connectivity index is 1.81. The predicted octanol–water partition coefficient (Wildman–Crippen LogP) is 2.20. The molecule has 26 heavy (non-hydrogen) atoms. The monoisotopic (exact) mass is 378 g/mol. The number of carbonyl (C=O) groups excluding carboxylic acids is 1. The lowest BCUT2D eigenvalue weighted by atomic mass is 9.78. The Morgan fingerprint density at radius 1 is 1.23 bits per heavy atom. The SMILES string of the molecule is CCC1CN(C(=O)C2(S(C)(=O)=O)CCNCC2)CCC1c1ccccc1. The molecule has 1 aromatic carbocycles. The predicted molar refractivity (Wildman–Crippen MR) is 104 cm³/mol. The van der Waals surface area contributed by atoms with Crippen molar-refractivity contribution >= 4 is 15.7 Å². The van der Waals surface area contributed by atoms with E-state index in [4.69, 9.17) is 0 Å². The lowest BCUT2D eigenvalue weighted by Gasteiger charge is -2.44. The van der Waals surface area contributed by atoms with Crippen molar-refractivity contribution in [2.45, 2.75) is 43.3 Å². The summed E-state index contributed by atoms with van der Waals surface area (Å²) in [5.41, 5.74) is 1.33. The van der Waals surface area contributed by atoms with Crippen molar-refractivity contribution in [2.24, 2.45) is 5.92 Å². The molecule has 0 spiro atoms. The Morgan fingerprint density at radius 3 is 2.46 bits per heavy atom. The van der Waals surface area contributed by atoms with Crippen LogP contribution in [0, 0.1) is 5.92 Å². The van der Waals surface area contributed by atoms with Gasteiger partial charge in [-0.25, -0.2) is 8.42 Å². The van der Waals surface area contributed by atoms with E-state index in [2.05, 4.69) is 36.5 Å². The van der Waals surface area contributed by atoms with E-state index in [0.717, 1.165) is 12.8 Å². The molecule has 0 bridgehead atoms. The minimum Gasteiger partial charge on any atom is -0.341 e. The highest BCUT2D eigenvalue weighted by molar-refractivity contribution is 7.92. The van der Waals surface area contributed by atoms with Gasteiger partial charge in [0.2, 0.25) is 5.91 Å². The van der Waals surface area contributed by atoms with Gasteiger partial charge in [-0.05, 0) is 49.8 Å². The maximum atomic E-state index is 13.3. The summed E-state index contributed by atoms with van der Waals surface area (Å²) >= 11 is 0. The van der Waals surface area contributed by atoms with Crippen molar-refractivity contribution in [3.63, 3.8) is 0 Å². The first-order chi connectivity index (χ1) is 12.4. The fraction of sp³-hybridized carbons (Fsp3) is 0.650. The Bertz CT molecular complexity index is 727. The number of benzene rings is 1. The lowest BCUT2D eigenvalue weighted by Crippen LogP contribution is -2.60. The van der Waals surface area contributed by atoms with Crippen LogP contribution < -0.4 is 5.32 Å². The zero-order valence-electron chi connectivity index (χ0n) is 15.8. The van der Waals surface area contributed by atoms with E-state index in [1.807, 2.05) is 11.0 Å². The van der Waals surface area contributed by atoms with Gasteiger partial charge >= 0.3 is 0 Å². The molecule has 2 unspecified atom stereocenters. The normalized spacial score (nSPS) is 26.5. The smallest absolute Gasteiger partial charge is 0.244 e. The Kier molecular flexibility index (Phi) is 5.72. The van der Waals surface area contributed by atoms with Crippen LogP contribution in [0.15, 0.2) is 30.3 Å². The second-order valence-corrected chi connectivity index (χ2v) is 10.1. The number of sulfone groups is 1. The van der Waals surface area contributed by atoms with Crippen molar-refractivity contribution in [1.29, 1.82) is 0 Å². The van der Waals surface area contributed by atoms with Crippen LogP contribution in [-0.4, -0.2) is 56.4 Å². The van der Waals surface area contributed by atoms with E-state index in [-0.39, 0.29) is 5.91 Å². The van der Waals surface area contributed by atoms with Crippen LogP contribution in [0.3, 0.4) is 0 Å². The molecule has 0 saturated carbocycles. The number of likely N-dealkylation sites (tertiary alicyclic amines) is 1. The highest BCUT2D eigenvalue weighted by atomic mass is 32.2. The molecular weight excluding hydrogens is 348 g/mol. The van der Waals surface area contributed by atoms with E-state index in [0.29, 0.717) is 50.9 Å². The average molecular weight is 379 g/mol. The summed E-state index contributed by atoms with van der Waals surface area (Å²) in [7, 11) is -3.46. The summed E-state index contributed by atoms with van der Waals surface area (Å²) in [6.45, 7) is 4.61. The molecule has 2 saturated heterocycles. The number of nitrogens with zero attached hydrogens (tertiary/aromatic N) is 1. The molecule has 1 N–H and O–H groups in total. The van der Waals surface area contributed by atoms with Crippen molar-refractivity contribution in [2.75, 3.05) is 32.4 Å². The van der Waals surface area contributed by atoms with Crippen molar-refractivity contribution < 1.29 is 13.2 Å². The van der Waals surface area contributed by atoms with E-state index < -0.39 is 14.6 Å². The Labute approximate surface area is 157 Å². The summed E-state index contributed by atoms with van der Waals surface area (Å²) in [4.78, 5) is 15.2. The van der Waals surface area contributed by atoms with Gasteiger partial charge in [0.1, 0.15) is 0 Å². The number of hydrogen-bond donors (Lipinski definition) is 1. The molecular formula is C20H30N2O3S. The van der Waals surface area contributed by atoms with E-state index >= 15 is 0 Å². The molecule has 1 amide bonds. The van der Waals surface area contributed by atoms with Crippen LogP contribution in [0.1, 0.15) is 44.1 Å². The molecule has 6 heteroatoms. The van der Waals surface area contributed by atoms with Gasteiger partial charge in [-0.1, -0.05) is 43.7 Å². The van der Waals surface area contributed by atoms with Gasteiger partial charge in [0.05, 0.1) is 0 Å². The van der Waals surface area contributed by atoms with Crippen LogP contribution in [0.5, 0.6) is 0 Å². The van der Waals surface area contributed by atoms with Crippen molar-refractivity contribution in [3.8, 4) is 0 Å². The highest BCUT2D eigenvalue weighted by Gasteiger charge is 2.51. The van der Waals surface area contributed by atoms with Crippen LogP contribution in [0.2, 0.25) is 0 Å². The summed E-state index contributed by atoms with van der Waals surface area (Å²) in [5, 5.41) is 3.18. The molecule has 2 aliphatic rings. The first-order valence-corrected chi connectivity index (χ1v) is 11.5. The molecule has 5 nitrogen and oxygen atoms in total. The number of rotatable bonds is 4. The molecule has 144 valence electrons. The topological polar surface area (TPSA) is 66.5 Å². The largest absolute Gasteiger partial charge is 0.341 e. The summed E-state index contributed by atoms with van der Waals surface area (Å²) in [6.07, 6.45) is 3.85. The van der Waals surface area contributed by atoms with Crippen molar-refractivity contribution in [3.05, 3.63) is 35.9 Å². The third-order valence-electron chi connectivity index (χ3n) is 6.28. The van der Waals surface area contributed by atoms with Gasteiger partial charge in [-0.15, -0.1) is 0 Å². The Hall–Kier alpha value is -1.40. The minimum absolute atomic E-state index is 0.175. The van der Waals surface area contributed by atoms with E-state index in [1.54, 1.807) is 0 Å². The Morgan fingerprint density at radius 2 is 1.88 bits per heavy atom. The quantitative estimate of drug-likeness (QED) is 0.872. The van der Waals surface area contributed by atoms with Crippen LogP contribution >= 0.6 is 0 Å². The number of piperidine rings is 2. The molecule has 2 aliphatic heterocycles. The van der Waals surface area contributed by atoms with Crippen molar-refractivity contribution in [1.82, 2.24) is 10.2 Å². The van der Waals surface area contributed by atoms with E-state index in [9.17, 15) is 13.2 Å².